The highest BCUT2D eigenvalue weighted by Gasteiger charge is 2.26. The lowest BCUT2D eigenvalue weighted by Gasteiger charge is -2.19. The molecule has 0 bridgehead atoms. The first-order valence-electron chi connectivity index (χ1n) is 45.0. The molecule has 10 heteroatoms. The minimum absolute atomic E-state index is 0.0591. The van der Waals surface area contributed by atoms with Crippen molar-refractivity contribution < 1.29 is 37.6 Å². The molecule has 0 saturated heterocycles. The topological polar surface area (TPSA) is 134 Å². The summed E-state index contributed by atoms with van der Waals surface area (Å²) >= 11 is 0. The Labute approximate surface area is 613 Å². The molecule has 0 spiro atoms. The van der Waals surface area contributed by atoms with Crippen molar-refractivity contribution in [3.8, 4) is 0 Å². The quantitative estimate of drug-likeness (QED) is 0.0347. The number of rotatable bonds is 88. The van der Waals surface area contributed by atoms with Gasteiger partial charge in [-0.15, -0.1) is 0 Å². The van der Waals surface area contributed by atoms with Gasteiger partial charge in [-0.1, -0.05) is 495 Å². The van der Waals surface area contributed by atoms with E-state index in [1.807, 2.05) is 0 Å². The number of hydrogen-bond acceptors (Lipinski definition) is 8. The van der Waals surface area contributed by atoms with Gasteiger partial charge in [-0.05, 0) is 12.8 Å². The average molecular weight is 1410 g/mol. The van der Waals surface area contributed by atoms with Crippen molar-refractivity contribution >= 4 is 19.8 Å². The van der Waals surface area contributed by atoms with Gasteiger partial charge in [0.15, 0.2) is 6.10 Å². The molecule has 586 valence electrons. The van der Waals surface area contributed by atoms with Gasteiger partial charge in [-0.25, -0.2) is 4.57 Å². The van der Waals surface area contributed by atoms with E-state index in [1.165, 1.54) is 456 Å². The monoisotopic (exact) mass is 1410 g/mol. The van der Waals surface area contributed by atoms with Gasteiger partial charge >= 0.3 is 19.8 Å². The lowest BCUT2D eigenvalue weighted by atomic mass is 10.0. The molecule has 2 atom stereocenters. The summed E-state index contributed by atoms with van der Waals surface area (Å²) in [5.74, 6) is -0.792. The Morgan fingerprint density at radius 1 is 0.265 bits per heavy atom. The Kier molecular flexibility index (Phi) is 84.1. The van der Waals surface area contributed by atoms with Gasteiger partial charge in [0.05, 0.1) is 13.2 Å². The van der Waals surface area contributed by atoms with Gasteiger partial charge in [0.1, 0.15) is 6.61 Å². The van der Waals surface area contributed by atoms with Crippen molar-refractivity contribution in [3.63, 3.8) is 0 Å². The maximum absolute atomic E-state index is 12.8. The van der Waals surface area contributed by atoms with Gasteiger partial charge < -0.3 is 20.1 Å². The van der Waals surface area contributed by atoms with E-state index in [1.54, 1.807) is 0 Å². The van der Waals surface area contributed by atoms with E-state index in [0.717, 1.165) is 32.1 Å². The minimum Gasteiger partial charge on any atom is -0.462 e. The molecule has 3 N–H and O–H groups in total. The maximum Gasteiger partial charge on any atom is 0.472 e. The summed E-state index contributed by atoms with van der Waals surface area (Å²) in [4.78, 5) is 35.5. The predicted molar refractivity (Wildman–Crippen MR) is 428 cm³/mol. The Balaban J connectivity index is 3.67. The van der Waals surface area contributed by atoms with Crippen molar-refractivity contribution in [2.45, 2.75) is 527 Å². The lowest BCUT2D eigenvalue weighted by Crippen LogP contribution is -2.29. The van der Waals surface area contributed by atoms with Crippen molar-refractivity contribution in [2.24, 2.45) is 5.73 Å². The minimum atomic E-state index is -4.39. The number of ether oxygens (including phenoxy) is 2. The zero-order valence-electron chi connectivity index (χ0n) is 66.6. The summed E-state index contributed by atoms with van der Waals surface area (Å²) < 4.78 is 33.4. The van der Waals surface area contributed by atoms with Crippen LogP contribution in [0.25, 0.3) is 0 Å². The Bertz CT molecular complexity index is 1570. The normalized spacial score (nSPS) is 12.7. The number of nitrogens with two attached hydrogens (primary N) is 1. The van der Waals surface area contributed by atoms with Crippen LogP contribution in [0.1, 0.15) is 521 Å². The molecule has 98 heavy (non-hydrogen) atoms. The molecule has 0 aromatic carbocycles. The molecule has 0 rings (SSSR count). The summed E-state index contributed by atoms with van der Waals surface area (Å²) in [5, 5.41) is 0. The number of carbonyl (C=O) groups excluding carboxylic acids is 2. The van der Waals surface area contributed by atoms with E-state index in [4.69, 9.17) is 24.3 Å². The van der Waals surface area contributed by atoms with E-state index in [-0.39, 0.29) is 32.1 Å². The molecular weight excluding hydrogens is 1230 g/mol. The molecule has 9 nitrogen and oxygen atoms in total. The van der Waals surface area contributed by atoms with Crippen LogP contribution < -0.4 is 5.73 Å². The van der Waals surface area contributed by atoms with E-state index < -0.39 is 26.5 Å². The molecule has 0 heterocycles. The highest BCUT2D eigenvalue weighted by Crippen LogP contribution is 2.43. The van der Waals surface area contributed by atoms with Crippen LogP contribution in [0.15, 0.2) is 0 Å². The van der Waals surface area contributed by atoms with Crippen LogP contribution in [0.3, 0.4) is 0 Å². The summed E-state index contributed by atoms with van der Waals surface area (Å²) in [6, 6.07) is 0. The van der Waals surface area contributed by atoms with Gasteiger partial charge in [-0.2, -0.15) is 0 Å². The highest BCUT2D eigenvalue weighted by atomic mass is 31.2. The molecule has 0 aromatic heterocycles. The maximum atomic E-state index is 12.8. The van der Waals surface area contributed by atoms with Crippen molar-refractivity contribution in [3.05, 3.63) is 0 Å². The SMILES string of the molecule is CCCCCCCCCCCCCCCCCCCCCCCCCCCCCCCCCCCCCCCCCC(=O)OC(COC(=O)CCCCCCCCCCCCCCCCCCCCCCCCCCCCCCCCCCCCCCCC)COP(=O)(O)OCCN. The number of esters is 2. The second kappa shape index (κ2) is 84.9. The van der Waals surface area contributed by atoms with Crippen molar-refractivity contribution in [1.82, 2.24) is 0 Å². The standard InChI is InChI=1S/C88H176NO8P/c1-3-5-7-9-11-13-15-17-19-21-23-25-27-29-31-33-35-37-39-41-43-45-47-49-51-53-55-57-59-61-63-65-67-69-71-73-75-77-79-81-88(91)97-86(85-96-98(92,93)95-83-82-89)84-94-87(90)80-78-76-74-72-70-68-66-64-62-60-58-56-54-52-50-48-46-44-42-40-38-36-34-32-30-28-26-24-22-20-18-16-14-12-10-8-6-4-2/h86H,3-85,89H2,1-2H3,(H,92,93). The van der Waals surface area contributed by atoms with Crippen molar-refractivity contribution in [2.75, 3.05) is 26.4 Å². The Morgan fingerprint density at radius 2 is 0.439 bits per heavy atom. The van der Waals surface area contributed by atoms with Crippen LogP contribution in [-0.2, 0) is 32.7 Å². The molecule has 0 saturated carbocycles. The van der Waals surface area contributed by atoms with Crippen LogP contribution in [0.5, 0.6) is 0 Å². The molecule has 0 aliphatic rings. The Morgan fingerprint density at radius 3 is 0.622 bits per heavy atom. The first-order chi connectivity index (χ1) is 48.3. The van der Waals surface area contributed by atoms with Crippen LogP contribution >= 0.6 is 7.82 Å². The van der Waals surface area contributed by atoms with E-state index in [9.17, 15) is 19.0 Å². The third kappa shape index (κ3) is 84.0. The van der Waals surface area contributed by atoms with Crippen LogP contribution in [-0.4, -0.2) is 49.3 Å². The molecule has 2 unspecified atom stereocenters. The molecule has 0 aromatic rings. The zero-order valence-corrected chi connectivity index (χ0v) is 67.5. The summed E-state index contributed by atoms with van der Waals surface area (Å²) in [7, 11) is -4.39. The number of phosphoric ester groups is 1. The van der Waals surface area contributed by atoms with Gasteiger partial charge in [0.2, 0.25) is 0 Å². The first-order valence-corrected chi connectivity index (χ1v) is 46.5. The smallest absolute Gasteiger partial charge is 0.462 e. The number of phosphoric acid groups is 1. The first kappa shape index (κ1) is 97.0. The van der Waals surface area contributed by atoms with E-state index in [0.29, 0.717) is 12.8 Å². The summed E-state index contributed by atoms with van der Waals surface area (Å²) in [6.07, 6.45) is 106. The predicted octanol–water partition coefficient (Wildman–Crippen LogP) is 30.4. The van der Waals surface area contributed by atoms with Gasteiger partial charge in [0, 0.05) is 19.4 Å². The zero-order chi connectivity index (χ0) is 70.8. The fraction of sp³-hybridized carbons (Fsp3) is 0.977. The third-order valence-electron chi connectivity index (χ3n) is 21.2. The molecule has 0 amide bonds. The third-order valence-corrected chi connectivity index (χ3v) is 22.2. The largest absolute Gasteiger partial charge is 0.472 e. The second-order valence-electron chi connectivity index (χ2n) is 31.2. The summed E-state index contributed by atoms with van der Waals surface area (Å²) in [5.41, 5.74) is 5.43. The fourth-order valence-electron chi connectivity index (χ4n) is 14.6. The fourth-order valence-corrected chi connectivity index (χ4v) is 15.4. The van der Waals surface area contributed by atoms with Gasteiger partial charge in [0.25, 0.3) is 0 Å². The molecule has 0 aliphatic heterocycles. The van der Waals surface area contributed by atoms with Crippen LogP contribution in [0.4, 0.5) is 0 Å². The van der Waals surface area contributed by atoms with Crippen molar-refractivity contribution in [1.29, 1.82) is 0 Å². The average Bonchev–Trinajstić information content (AvgIpc) is 1.28. The molecular formula is C88H176NO8P. The van der Waals surface area contributed by atoms with E-state index >= 15 is 0 Å². The van der Waals surface area contributed by atoms with E-state index in [2.05, 4.69) is 13.8 Å². The molecule has 0 radical (unpaired) electrons. The number of hydrogen-bond donors (Lipinski definition) is 2. The second-order valence-corrected chi connectivity index (χ2v) is 32.7. The van der Waals surface area contributed by atoms with Crippen LogP contribution in [0, 0.1) is 0 Å². The highest BCUT2D eigenvalue weighted by molar-refractivity contribution is 7.47. The number of unbranched alkanes of at least 4 members (excludes halogenated alkanes) is 75. The summed E-state index contributed by atoms with van der Waals surface area (Å²) in [6.45, 7) is 3.87. The molecule has 0 aliphatic carbocycles. The van der Waals surface area contributed by atoms with Crippen LogP contribution in [0.2, 0.25) is 0 Å². The number of carbonyl (C=O) groups is 2. The molecule has 0 fully saturated rings. The Hall–Kier alpha value is -0.990. The lowest BCUT2D eigenvalue weighted by molar-refractivity contribution is -0.161. The van der Waals surface area contributed by atoms with Gasteiger partial charge in [-0.3, -0.25) is 18.6 Å².